The minimum atomic E-state index is -0.935. The molecular formula is C16H23N3O2. The number of carboxylic acid groups (broad SMARTS) is 1. The summed E-state index contributed by atoms with van der Waals surface area (Å²) in [4.78, 5) is 16.2. The molecule has 2 fully saturated rings. The molecule has 2 aliphatic rings. The number of benzene rings is 1. The molecule has 0 radical (unpaired) electrons. The fraction of sp³-hybridized carbons (Fsp3) is 0.562. The Labute approximate surface area is 125 Å². The minimum absolute atomic E-state index is 0.262. The first-order valence-electron chi connectivity index (χ1n) is 7.69. The third-order valence-electron chi connectivity index (χ3n) is 4.47. The predicted molar refractivity (Wildman–Crippen MR) is 82.3 cm³/mol. The molecule has 5 nitrogen and oxygen atoms in total. The maximum Gasteiger partial charge on any atom is 0.338 e. The van der Waals surface area contributed by atoms with E-state index in [-0.39, 0.29) is 5.56 Å². The Morgan fingerprint density at radius 1 is 1.19 bits per heavy atom. The number of carbonyl (C=O) groups is 1. The zero-order valence-corrected chi connectivity index (χ0v) is 12.3. The number of nitrogens with two attached hydrogens (primary N) is 1. The van der Waals surface area contributed by atoms with Crippen molar-refractivity contribution in [3.05, 3.63) is 29.3 Å². The molecule has 1 aliphatic heterocycles. The van der Waals surface area contributed by atoms with Crippen LogP contribution in [0.4, 0.5) is 5.69 Å². The fourth-order valence-electron chi connectivity index (χ4n) is 3.05. The maximum atomic E-state index is 11.4. The average Bonchev–Trinajstić information content (AvgIpc) is 3.25. The molecule has 3 rings (SSSR count). The van der Waals surface area contributed by atoms with E-state index in [0.29, 0.717) is 12.2 Å². The van der Waals surface area contributed by atoms with Crippen LogP contribution in [0.25, 0.3) is 0 Å². The van der Waals surface area contributed by atoms with Crippen LogP contribution >= 0.6 is 0 Å². The molecule has 1 heterocycles. The van der Waals surface area contributed by atoms with Crippen molar-refractivity contribution in [1.29, 1.82) is 0 Å². The van der Waals surface area contributed by atoms with Crippen LogP contribution in [0.5, 0.6) is 0 Å². The van der Waals surface area contributed by atoms with Gasteiger partial charge in [-0.15, -0.1) is 0 Å². The van der Waals surface area contributed by atoms with E-state index in [1.54, 1.807) is 6.07 Å². The van der Waals surface area contributed by atoms with E-state index in [2.05, 4.69) is 9.80 Å². The Hall–Kier alpha value is -1.59. The molecule has 0 unspecified atom stereocenters. The van der Waals surface area contributed by atoms with Crippen LogP contribution in [-0.2, 0) is 6.54 Å². The summed E-state index contributed by atoms with van der Waals surface area (Å²) in [7, 11) is 0. The van der Waals surface area contributed by atoms with Gasteiger partial charge in [0.15, 0.2) is 0 Å². The zero-order chi connectivity index (χ0) is 14.8. The van der Waals surface area contributed by atoms with E-state index in [0.717, 1.165) is 37.7 Å². The summed E-state index contributed by atoms with van der Waals surface area (Å²) >= 11 is 0. The summed E-state index contributed by atoms with van der Waals surface area (Å²) in [6.07, 6.45) is 2.79. The number of carboxylic acids is 1. The topological polar surface area (TPSA) is 69.8 Å². The number of anilines is 1. The highest BCUT2D eigenvalue weighted by Gasteiger charge is 2.26. The second kappa shape index (κ2) is 6.03. The Bertz CT molecular complexity index is 520. The molecular weight excluding hydrogens is 266 g/mol. The predicted octanol–water partition coefficient (Wildman–Crippen LogP) is 1.49. The van der Waals surface area contributed by atoms with E-state index in [4.69, 9.17) is 5.73 Å². The first kappa shape index (κ1) is 14.4. The van der Waals surface area contributed by atoms with Gasteiger partial charge in [0.25, 0.3) is 0 Å². The first-order valence-corrected chi connectivity index (χ1v) is 7.69. The minimum Gasteiger partial charge on any atom is -0.478 e. The van der Waals surface area contributed by atoms with E-state index in [9.17, 15) is 9.90 Å². The molecule has 0 atom stereocenters. The third kappa shape index (κ3) is 3.54. The molecule has 1 saturated heterocycles. The smallest absolute Gasteiger partial charge is 0.338 e. The Morgan fingerprint density at radius 3 is 2.48 bits per heavy atom. The van der Waals surface area contributed by atoms with Gasteiger partial charge < -0.3 is 15.7 Å². The van der Waals surface area contributed by atoms with Gasteiger partial charge >= 0.3 is 5.97 Å². The average molecular weight is 289 g/mol. The molecule has 1 saturated carbocycles. The van der Waals surface area contributed by atoms with Crippen LogP contribution in [-0.4, -0.2) is 53.6 Å². The molecule has 1 aliphatic carbocycles. The summed E-state index contributed by atoms with van der Waals surface area (Å²) in [5.74, 6) is -0.000413. The number of hydrogen-bond acceptors (Lipinski definition) is 4. The molecule has 0 aromatic heterocycles. The Balaban J connectivity index is 1.60. The molecule has 5 heteroatoms. The van der Waals surface area contributed by atoms with Crippen LogP contribution in [0.3, 0.4) is 0 Å². The van der Waals surface area contributed by atoms with Crippen molar-refractivity contribution >= 4 is 11.7 Å². The van der Waals surface area contributed by atoms with Gasteiger partial charge in [0.1, 0.15) is 0 Å². The largest absolute Gasteiger partial charge is 0.478 e. The number of piperazine rings is 1. The third-order valence-corrected chi connectivity index (χ3v) is 4.47. The van der Waals surface area contributed by atoms with Crippen molar-refractivity contribution in [1.82, 2.24) is 9.80 Å². The Morgan fingerprint density at radius 2 is 1.86 bits per heavy atom. The van der Waals surface area contributed by atoms with Gasteiger partial charge in [-0.2, -0.15) is 0 Å². The lowest BCUT2D eigenvalue weighted by atomic mass is 10.0. The van der Waals surface area contributed by atoms with Gasteiger partial charge in [0, 0.05) is 45.0 Å². The molecule has 0 spiro atoms. The van der Waals surface area contributed by atoms with Crippen LogP contribution in [0, 0.1) is 5.92 Å². The molecule has 114 valence electrons. The van der Waals surface area contributed by atoms with E-state index in [1.807, 2.05) is 12.1 Å². The number of rotatable bonds is 5. The second-order valence-corrected chi connectivity index (χ2v) is 6.21. The molecule has 21 heavy (non-hydrogen) atoms. The number of hydrogen-bond donors (Lipinski definition) is 2. The van der Waals surface area contributed by atoms with E-state index in [1.165, 1.54) is 19.4 Å². The standard InChI is InChI=1S/C16H23N3O2/c17-14-3-1-2-13(15(14)16(20)21)11-19-8-6-18(7-9-19)10-12-4-5-12/h1-3,12H,4-11,17H2,(H,20,21). The first-order chi connectivity index (χ1) is 10.1. The van der Waals surface area contributed by atoms with Crippen LogP contribution < -0.4 is 5.73 Å². The van der Waals surface area contributed by atoms with E-state index < -0.39 is 5.97 Å². The van der Waals surface area contributed by atoms with Crippen LogP contribution in [0.2, 0.25) is 0 Å². The lowest BCUT2D eigenvalue weighted by molar-refractivity contribution is 0.0694. The molecule has 3 N–H and O–H groups in total. The molecule has 1 aromatic rings. The molecule has 0 bridgehead atoms. The quantitative estimate of drug-likeness (QED) is 0.804. The van der Waals surface area contributed by atoms with Gasteiger partial charge in [0.05, 0.1) is 5.56 Å². The summed E-state index contributed by atoms with van der Waals surface area (Å²) in [5.41, 5.74) is 7.24. The number of nitrogens with zero attached hydrogens (tertiary/aromatic N) is 2. The number of aromatic carboxylic acids is 1. The lowest BCUT2D eigenvalue weighted by Gasteiger charge is -2.35. The highest BCUT2D eigenvalue weighted by Crippen LogP contribution is 2.30. The monoisotopic (exact) mass is 289 g/mol. The fourth-order valence-corrected chi connectivity index (χ4v) is 3.05. The van der Waals surface area contributed by atoms with Crippen molar-refractivity contribution in [2.75, 3.05) is 38.5 Å². The summed E-state index contributed by atoms with van der Waals surface area (Å²) in [5, 5.41) is 9.32. The van der Waals surface area contributed by atoms with Crippen molar-refractivity contribution in [3.8, 4) is 0 Å². The Kier molecular flexibility index (Phi) is 4.12. The second-order valence-electron chi connectivity index (χ2n) is 6.21. The van der Waals surface area contributed by atoms with Crippen molar-refractivity contribution in [3.63, 3.8) is 0 Å². The van der Waals surface area contributed by atoms with Crippen LogP contribution in [0.15, 0.2) is 18.2 Å². The normalized spacial score (nSPS) is 20.6. The molecule has 0 amide bonds. The van der Waals surface area contributed by atoms with Crippen molar-refractivity contribution in [2.24, 2.45) is 5.92 Å². The highest BCUT2D eigenvalue weighted by atomic mass is 16.4. The lowest BCUT2D eigenvalue weighted by Crippen LogP contribution is -2.46. The van der Waals surface area contributed by atoms with Gasteiger partial charge in [0.2, 0.25) is 0 Å². The zero-order valence-electron chi connectivity index (χ0n) is 12.3. The van der Waals surface area contributed by atoms with Crippen molar-refractivity contribution in [2.45, 2.75) is 19.4 Å². The van der Waals surface area contributed by atoms with E-state index >= 15 is 0 Å². The maximum absolute atomic E-state index is 11.4. The van der Waals surface area contributed by atoms with Gasteiger partial charge in [-0.05, 0) is 30.4 Å². The van der Waals surface area contributed by atoms with Crippen molar-refractivity contribution < 1.29 is 9.90 Å². The summed E-state index contributed by atoms with van der Waals surface area (Å²) < 4.78 is 0. The molecule has 1 aromatic carbocycles. The highest BCUT2D eigenvalue weighted by molar-refractivity contribution is 5.95. The summed E-state index contributed by atoms with van der Waals surface area (Å²) in [6.45, 7) is 6.08. The van der Waals surface area contributed by atoms with Gasteiger partial charge in [-0.1, -0.05) is 12.1 Å². The number of nitrogen functional groups attached to an aromatic ring is 1. The van der Waals surface area contributed by atoms with Gasteiger partial charge in [-0.3, -0.25) is 4.90 Å². The van der Waals surface area contributed by atoms with Gasteiger partial charge in [-0.25, -0.2) is 4.79 Å². The SMILES string of the molecule is Nc1cccc(CN2CCN(CC3CC3)CC2)c1C(=O)O. The summed E-state index contributed by atoms with van der Waals surface area (Å²) in [6, 6.07) is 5.36. The van der Waals surface area contributed by atoms with Crippen LogP contribution in [0.1, 0.15) is 28.8 Å².